The van der Waals surface area contributed by atoms with E-state index in [0.29, 0.717) is 0 Å². The standard InChI is InChI=1S/C54H43BN4/c1-7-20-40(21-8-1)56(41-22-9-2-10-23-41)46-34-36-48-52(38-46)58(44-28-15-5-16-29-44)50-32-19-33-51-54(50)55(48)49-37-35-47(39-53(49)59(51)45-30-17-6-18-31-45)57(42-24-11-3-12-25-42)43-26-13-4-14-27-43/h1-5,7-17,19-39,50,54H,6,18H2. The van der Waals surface area contributed by atoms with E-state index in [-0.39, 0.29) is 18.6 Å². The van der Waals surface area contributed by atoms with Crippen LogP contribution in [0, 0.1) is 0 Å². The summed E-state index contributed by atoms with van der Waals surface area (Å²) in [7, 11) is 0. The van der Waals surface area contributed by atoms with Gasteiger partial charge < -0.3 is 19.6 Å². The lowest BCUT2D eigenvalue weighted by molar-refractivity contribution is 0.717. The maximum Gasteiger partial charge on any atom is 0.226 e. The van der Waals surface area contributed by atoms with E-state index in [1.54, 1.807) is 0 Å². The van der Waals surface area contributed by atoms with Gasteiger partial charge in [-0.2, -0.15) is 0 Å². The van der Waals surface area contributed by atoms with E-state index in [2.05, 4.69) is 244 Å². The molecule has 59 heavy (non-hydrogen) atoms. The third-order valence-electron chi connectivity index (χ3n) is 12.2. The molecule has 4 aliphatic rings. The van der Waals surface area contributed by atoms with Crippen LogP contribution in [0.3, 0.4) is 0 Å². The zero-order valence-corrected chi connectivity index (χ0v) is 32.8. The molecule has 0 radical (unpaired) electrons. The molecular formula is C54H43BN4. The smallest absolute Gasteiger partial charge is 0.226 e. The van der Waals surface area contributed by atoms with Crippen LogP contribution in [0.2, 0.25) is 5.82 Å². The lowest BCUT2D eigenvalue weighted by Gasteiger charge is -2.53. The van der Waals surface area contributed by atoms with E-state index in [1.807, 2.05) is 0 Å². The molecule has 0 bridgehead atoms. The van der Waals surface area contributed by atoms with Crippen molar-refractivity contribution in [2.75, 3.05) is 19.6 Å². The summed E-state index contributed by atoms with van der Waals surface area (Å²) in [5.74, 6) is 0.173. The molecule has 7 aromatic rings. The molecule has 2 unspecified atom stereocenters. The van der Waals surface area contributed by atoms with Crippen molar-refractivity contribution in [1.29, 1.82) is 0 Å². The summed E-state index contributed by atoms with van der Waals surface area (Å²) in [4.78, 5) is 9.94. The van der Waals surface area contributed by atoms with Crippen molar-refractivity contribution < 1.29 is 0 Å². The number of nitrogens with zero attached hydrogens (tertiary/aromatic N) is 4. The van der Waals surface area contributed by atoms with Crippen molar-refractivity contribution >= 4 is 68.8 Å². The lowest BCUT2D eigenvalue weighted by atomic mass is 9.28. The van der Waals surface area contributed by atoms with E-state index in [4.69, 9.17) is 0 Å². The SMILES string of the molecule is C1=CC2C3B(c4ccc(N(c5ccccc5)c5ccccc5)cc4N(C4=CCCC=C4)C3=C1)c1ccc(N(c3ccccc3)c3ccccc3)cc1N2c1ccccc1. The van der Waals surface area contributed by atoms with Gasteiger partial charge in [-0.15, -0.1) is 0 Å². The second-order valence-corrected chi connectivity index (χ2v) is 15.6. The largest absolute Gasteiger partial charge is 0.335 e. The fourth-order valence-electron chi connectivity index (χ4n) is 9.79. The van der Waals surface area contributed by atoms with Crippen LogP contribution in [-0.2, 0) is 0 Å². The van der Waals surface area contributed by atoms with Crippen LogP contribution in [0.25, 0.3) is 0 Å². The number of rotatable bonds is 8. The molecule has 282 valence electrons. The van der Waals surface area contributed by atoms with Gasteiger partial charge in [0, 0.05) is 68.4 Å². The fourth-order valence-corrected chi connectivity index (χ4v) is 9.79. The van der Waals surface area contributed by atoms with Crippen molar-refractivity contribution in [1.82, 2.24) is 0 Å². The average molecular weight is 759 g/mol. The average Bonchev–Trinajstić information content (AvgIpc) is 3.31. The van der Waals surface area contributed by atoms with Gasteiger partial charge in [0.25, 0.3) is 0 Å². The van der Waals surface area contributed by atoms with E-state index in [0.717, 1.165) is 47.0 Å². The number of hydrogen-bond acceptors (Lipinski definition) is 4. The van der Waals surface area contributed by atoms with Crippen molar-refractivity contribution in [3.05, 3.63) is 236 Å². The maximum absolute atomic E-state index is 2.60. The number of fused-ring (bicyclic) bond motifs is 4. The second kappa shape index (κ2) is 14.9. The minimum absolute atomic E-state index is 0.0840. The van der Waals surface area contributed by atoms with E-state index in [9.17, 15) is 0 Å². The minimum Gasteiger partial charge on any atom is -0.335 e. The van der Waals surface area contributed by atoms with Crippen LogP contribution < -0.4 is 30.5 Å². The zero-order chi connectivity index (χ0) is 39.1. The van der Waals surface area contributed by atoms with Crippen LogP contribution in [-0.4, -0.2) is 12.8 Å². The monoisotopic (exact) mass is 758 g/mol. The highest BCUT2D eigenvalue weighted by atomic mass is 15.2. The van der Waals surface area contributed by atoms with Gasteiger partial charge in [0.2, 0.25) is 6.71 Å². The number of hydrogen-bond donors (Lipinski definition) is 0. The molecule has 2 aliphatic heterocycles. The van der Waals surface area contributed by atoms with E-state index < -0.39 is 0 Å². The zero-order valence-electron chi connectivity index (χ0n) is 32.8. The molecule has 2 heterocycles. The van der Waals surface area contributed by atoms with Gasteiger partial charge in [-0.25, -0.2) is 0 Å². The Morgan fingerprint density at radius 1 is 0.492 bits per heavy atom. The molecule has 4 nitrogen and oxygen atoms in total. The third kappa shape index (κ3) is 6.09. The molecule has 0 saturated carbocycles. The van der Waals surface area contributed by atoms with Crippen LogP contribution in [0.15, 0.2) is 236 Å². The summed E-state index contributed by atoms with van der Waals surface area (Å²) in [5.41, 5.74) is 15.7. The first-order valence-corrected chi connectivity index (χ1v) is 20.8. The van der Waals surface area contributed by atoms with E-state index in [1.165, 1.54) is 39.4 Å². The molecule has 11 rings (SSSR count). The molecular weight excluding hydrogens is 715 g/mol. The molecule has 7 aromatic carbocycles. The Labute approximate surface area is 347 Å². The molecule has 5 heteroatoms. The van der Waals surface area contributed by atoms with Gasteiger partial charge in [-0.1, -0.05) is 127 Å². The number of benzene rings is 7. The highest BCUT2D eigenvalue weighted by molar-refractivity contribution is 6.90. The number of allylic oxidation sites excluding steroid dienone is 5. The minimum atomic E-state index is 0.0840. The number of para-hydroxylation sites is 5. The first-order chi connectivity index (χ1) is 29.3. The van der Waals surface area contributed by atoms with Crippen molar-refractivity contribution in [3.63, 3.8) is 0 Å². The quantitative estimate of drug-likeness (QED) is 0.143. The first-order valence-electron chi connectivity index (χ1n) is 20.8. The Morgan fingerprint density at radius 3 is 1.49 bits per heavy atom. The Balaban J connectivity index is 1.15. The predicted octanol–water partition coefficient (Wildman–Crippen LogP) is 12.6. The van der Waals surface area contributed by atoms with Gasteiger partial charge in [0.05, 0.1) is 6.04 Å². The second-order valence-electron chi connectivity index (χ2n) is 15.6. The van der Waals surface area contributed by atoms with Crippen LogP contribution >= 0.6 is 0 Å². The van der Waals surface area contributed by atoms with Gasteiger partial charge in [0.15, 0.2) is 0 Å². The fraction of sp³-hybridized carbons (Fsp3) is 0.0741. The number of anilines is 9. The van der Waals surface area contributed by atoms with Crippen molar-refractivity contribution in [2.24, 2.45) is 0 Å². The Bertz CT molecular complexity index is 2670. The van der Waals surface area contributed by atoms with Gasteiger partial charge in [-0.05, 0) is 121 Å². The van der Waals surface area contributed by atoms with Crippen molar-refractivity contribution in [2.45, 2.75) is 24.7 Å². The molecule has 2 atom stereocenters. The predicted molar refractivity (Wildman–Crippen MR) is 250 cm³/mol. The molecule has 0 spiro atoms. The highest BCUT2D eigenvalue weighted by Gasteiger charge is 2.52. The Morgan fingerprint density at radius 2 is 0.983 bits per heavy atom. The first kappa shape index (κ1) is 35.0. The Hall–Kier alpha value is -7.24. The lowest BCUT2D eigenvalue weighted by Crippen LogP contribution is -2.63. The molecule has 2 aliphatic carbocycles. The van der Waals surface area contributed by atoms with Crippen LogP contribution in [0.1, 0.15) is 12.8 Å². The molecule has 0 amide bonds. The van der Waals surface area contributed by atoms with E-state index >= 15 is 0 Å². The summed E-state index contributed by atoms with van der Waals surface area (Å²) >= 11 is 0. The van der Waals surface area contributed by atoms with Crippen LogP contribution in [0.4, 0.5) is 51.2 Å². The van der Waals surface area contributed by atoms with Gasteiger partial charge in [0.1, 0.15) is 0 Å². The molecule has 0 N–H and O–H groups in total. The molecule has 0 fully saturated rings. The summed E-state index contributed by atoms with van der Waals surface area (Å²) in [6.07, 6.45) is 16.3. The third-order valence-corrected chi connectivity index (χ3v) is 12.2. The van der Waals surface area contributed by atoms with Gasteiger partial charge >= 0.3 is 0 Å². The normalized spacial score (nSPS) is 17.3. The van der Waals surface area contributed by atoms with Crippen molar-refractivity contribution in [3.8, 4) is 0 Å². The van der Waals surface area contributed by atoms with Gasteiger partial charge in [-0.3, -0.25) is 0 Å². The summed E-state index contributed by atoms with van der Waals surface area (Å²) < 4.78 is 0. The highest BCUT2D eigenvalue weighted by Crippen LogP contribution is 2.51. The molecule has 0 aromatic heterocycles. The Kier molecular flexibility index (Phi) is 8.85. The summed E-state index contributed by atoms with van der Waals surface area (Å²) in [6.45, 7) is 0.123. The topological polar surface area (TPSA) is 13.0 Å². The van der Waals surface area contributed by atoms with Crippen LogP contribution in [0.5, 0.6) is 0 Å². The summed E-state index contributed by atoms with van der Waals surface area (Å²) in [5, 5.41) is 0. The summed E-state index contributed by atoms with van der Waals surface area (Å²) in [6, 6.07) is 68.4. The maximum atomic E-state index is 2.60. The molecule has 0 saturated heterocycles.